The Bertz CT molecular complexity index is 519. The minimum absolute atomic E-state index is 0.333. The molecule has 2 aliphatic carbocycles. The van der Waals surface area contributed by atoms with Gasteiger partial charge in [-0.15, -0.1) is 11.3 Å². The van der Waals surface area contributed by atoms with Gasteiger partial charge in [-0.05, 0) is 54.5 Å². The van der Waals surface area contributed by atoms with E-state index in [-0.39, 0.29) is 0 Å². The summed E-state index contributed by atoms with van der Waals surface area (Å²) in [5.41, 5.74) is 2.76. The number of nitrogens with zero attached hydrogens (tertiary/aromatic N) is 1. The molecule has 0 bridgehead atoms. The Morgan fingerprint density at radius 2 is 2.28 bits per heavy atom. The zero-order chi connectivity index (χ0) is 11.9. The predicted octanol–water partition coefficient (Wildman–Crippen LogP) is 3.53. The van der Waals surface area contributed by atoms with Crippen LogP contribution in [0.15, 0.2) is 16.8 Å². The lowest BCUT2D eigenvalue weighted by Gasteiger charge is -2.15. The standard InChI is InChI=1S/C14H16N2S2/c1-2-11-12(3-1)18-14(16-11)13(15-10-4-5-10)9-6-7-17-8-9/h6-8,10,13,15H,1-5H2. The van der Waals surface area contributed by atoms with Crippen LogP contribution in [0.1, 0.15) is 46.4 Å². The second-order valence-corrected chi connectivity index (χ2v) is 7.10. The van der Waals surface area contributed by atoms with E-state index < -0.39 is 0 Å². The van der Waals surface area contributed by atoms with Crippen molar-refractivity contribution in [1.29, 1.82) is 0 Å². The summed E-state index contributed by atoms with van der Waals surface area (Å²) in [6, 6.07) is 3.28. The van der Waals surface area contributed by atoms with Crippen molar-refractivity contribution in [3.8, 4) is 0 Å². The number of hydrogen-bond acceptors (Lipinski definition) is 4. The van der Waals surface area contributed by atoms with Crippen LogP contribution in [0.5, 0.6) is 0 Å². The smallest absolute Gasteiger partial charge is 0.115 e. The van der Waals surface area contributed by atoms with Crippen LogP contribution in [0.3, 0.4) is 0 Å². The van der Waals surface area contributed by atoms with Gasteiger partial charge in [0, 0.05) is 10.9 Å². The summed E-state index contributed by atoms with van der Waals surface area (Å²) in [4.78, 5) is 6.42. The molecule has 2 nitrogen and oxygen atoms in total. The van der Waals surface area contributed by atoms with Crippen molar-refractivity contribution in [2.75, 3.05) is 0 Å². The van der Waals surface area contributed by atoms with Gasteiger partial charge in [-0.25, -0.2) is 4.98 Å². The molecule has 0 aliphatic heterocycles. The van der Waals surface area contributed by atoms with Crippen molar-refractivity contribution in [2.24, 2.45) is 0 Å². The molecule has 1 fully saturated rings. The van der Waals surface area contributed by atoms with Gasteiger partial charge in [0.2, 0.25) is 0 Å². The highest BCUT2D eigenvalue weighted by Crippen LogP contribution is 2.35. The molecule has 0 amide bonds. The average Bonchev–Trinajstić information content (AvgIpc) is 2.84. The second kappa shape index (κ2) is 4.44. The molecule has 2 aliphatic rings. The molecular weight excluding hydrogens is 260 g/mol. The summed E-state index contributed by atoms with van der Waals surface area (Å²) in [5, 5.41) is 9.46. The molecule has 2 aromatic rings. The number of fused-ring (bicyclic) bond motifs is 1. The Hall–Kier alpha value is -0.710. The summed E-state index contributed by atoms with van der Waals surface area (Å²) < 4.78 is 0. The molecule has 1 N–H and O–H groups in total. The molecular formula is C14H16N2S2. The summed E-state index contributed by atoms with van der Waals surface area (Å²) in [6.07, 6.45) is 6.38. The van der Waals surface area contributed by atoms with Gasteiger partial charge in [-0.1, -0.05) is 0 Å². The monoisotopic (exact) mass is 276 g/mol. The maximum absolute atomic E-state index is 4.89. The molecule has 1 atom stereocenters. The largest absolute Gasteiger partial charge is 0.301 e. The van der Waals surface area contributed by atoms with E-state index >= 15 is 0 Å². The van der Waals surface area contributed by atoms with Crippen molar-refractivity contribution < 1.29 is 0 Å². The van der Waals surface area contributed by atoms with E-state index in [1.165, 1.54) is 53.2 Å². The van der Waals surface area contributed by atoms with Crippen molar-refractivity contribution in [3.05, 3.63) is 38.0 Å². The lowest BCUT2D eigenvalue weighted by Crippen LogP contribution is -2.24. The van der Waals surface area contributed by atoms with E-state index in [0.29, 0.717) is 12.1 Å². The molecule has 1 saturated carbocycles. The van der Waals surface area contributed by atoms with Crippen LogP contribution in [0, 0.1) is 0 Å². The number of thiophene rings is 1. The number of aromatic nitrogens is 1. The molecule has 4 heteroatoms. The summed E-state index contributed by atoms with van der Waals surface area (Å²) in [5.74, 6) is 0. The minimum Gasteiger partial charge on any atom is -0.301 e. The summed E-state index contributed by atoms with van der Waals surface area (Å²) in [6.45, 7) is 0. The minimum atomic E-state index is 0.333. The van der Waals surface area contributed by atoms with Crippen LogP contribution in [-0.4, -0.2) is 11.0 Å². The van der Waals surface area contributed by atoms with Crippen molar-refractivity contribution in [2.45, 2.75) is 44.2 Å². The fourth-order valence-corrected chi connectivity index (χ4v) is 4.50. The summed E-state index contributed by atoms with van der Waals surface area (Å²) >= 11 is 3.71. The molecule has 1 unspecified atom stereocenters. The highest BCUT2D eigenvalue weighted by molar-refractivity contribution is 7.12. The number of hydrogen-bond donors (Lipinski definition) is 1. The average molecular weight is 276 g/mol. The first-order valence-electron chi connectivity index (χ1n) is 6.67. The first-order chi connectivity index (χ1) is 8.90. The van der Waals surface area contributed by atoms with Gasteiger partial charge in [0.15, 0.2) is 0 Å². The Kier molecular flexibility index (Phi) is 2.75. The van der Waals surface area contributed by atoms with Crippen LogP contribution in [0.25, 0.3) is 0 Å². The fourth-order valence-electron chi connectivity index (χ4n) is 2.57. The SMILES string of the molecule is c1cc(C(NC2CC2)c2nc3c(s2)CCC3)cs1. The summed E-state index contributed by atoms with van der Waals surface area (Å²) in [7, 11) is 0. The van der Waals surface area contributed by atoms with Gasteiger partial charge < -0.3 is 5.32 Å². The van der Waals surface area contributed by atoms with Crippen LogP contribution < -0.4 is 5.32 Å². The molecule has 2 heterocycles. The van der Waals surface area contributed by atoms with E-state index in [4.69, 9.17) is 4.98 Å². The molecule has 94 valence electrons. The van der Waals surface area contributed by atoms with Crippen LogP contribution in [0.4, 0.5) is 0 Å². The molecule has 2 aromatic heterocycles. The first kappa shape index (κ1) is 11.1. The fraction of sp³-hybridized carbons (Fsp3) is 0.500. The zero-order valence-corrected chi connectivity index (χ0v) is 11.8. The predicted molar refractivity (Wildman–Crippen MR) is 76.5 cm³/mol. The van der Waals surface area contributed by atoms with E-state index in [0.717, 1.165) is 0 Å². The van der Waals surface area contributed by atoms with Gasteiger partial charge in [-0.3, -0.25) is 0 Å². The highest BCUT2D eigenvalue weighted by atomic mass is 32.1. The van der Waals surface area contributed by atoms with E-state index in [1.54, 1.807) is 11.3 Å². The number of aryl methyl sites for hydroxylation is 2. The second-order valence-electron chi connectivity index (χ2n) is 5.21. The van der Waals surface area contributed by atoms with E-state index in [1.807, 2.05) is 11.3 Å². The zero-order valence-electron chi connectivity index (χ0n) is 10.2. The van der Waals surface area contributed by atoms with E-state index in [2.05, 4.69) is 22.1 Å². The van der Waals surface area contributed by atoms with Gasteiger partial charge in [0.25, 0.3) is 0 Å². The van der Waals surface area contributed by atoms with Crippen molar-refractivity contribution in [3.63, 3.8) is 0 Å². The van der Waals surface area contributed by atoms with Crippen LogP contribution >= 0.6 is 22.7 Å². The molecule has 0 saturated heterocycles. The van der Waals surface area contributed by atoms with Crippen LogP contribution in [-0.2, 0) is 12.8 Å². The van der Waals surface area contributed by atoms with Crippen LogP contribution in [0.2, 0.25) is 0 Å². The Labute approximate surface area is 115 Å². The highest BCUT2D eigenvalue weighted by Gasteiger charge is 2.29. The van der Waals surface area contributed by atoms with Crippen molar-refractivity contribution in [1.82, 2.24) is 10.3 Å². The van der Waals surface area contributed by atoms with Gasteiger partial charge in [0.1, 0.15) is 5.01 Å². The third kappa shape index (κ3) is 2.02. The maximum atomic E-state index is 4.89. The lowest BCUT2D eigenvalue weighted by molar-refractivity contribution is 0.598. The Morgan fingerprint density at radius 3 is 3.00 bits per heavy atom. The third-order valence-corrected chi connectivity index (χ3v) is 5.64. The quantitative estimate of drug-likeness (QED) is 0.924. The molecule has 4 rings (SSSR count). The number of rotatable bonds is 4. The maximum Gasteiger partial charge on any atom is 0.115 e. The van der Waals surface area contributed by atoms with Gasteiger partial charge >= 0.3 is 0 Å². The molecule has 18 heavy (non-hydrogen) atoms. The molecule has 0 spiro atoms. The topological polar surface area (TPSA) is 24.9 Å². The first-order valence-corrected chi connectivity index (χ1v) is 8.43. The number of nitrogens with one attached hydrogen (secondary N) is 1. The van der Waals surface area contributed by atoms with E-state index in [9.17, 15) is 0 Å². The Balaban J connectivity index is 1.67. The third-order valence-electron chi connectivity index (χ3n) is 3.72. The van der Waals surface area contributed by atoms with Crippen molar-refractivity contribution >= 4 is 22.7 Å². The number of thiazole rings is 1. The van der Waals surface area contributed by atoms with Gasteiger partial charge in [-0.2, -0.15) is 11.3 Å². The Morgan fingerprint density at radius 1 is 1.33 bits per heavy atom. The lowest BCUT2D eigenvalue weighted by atomic mass is 10.1. The molecule has 0 radical (unpaired) electrons. The van der Waals surface area contributed by atoms with Gasteiger partial charge in [0.05, 0.1) is 11.7 Å². The normalized spacial score (nSPS) is 20.0. The molecule has 0 aromatic carbocycles.